The maximum absolute atomic E-state index is 13.0. The van der Waals surface area contributed by atoms with Crippen LogP contribution in [0.3, 0.4) is 0 Å². The summed E-state index contributed by atoms with van der Waals surface area (Å²) in [5.41, 5.74) is 6.54. The van der Waals surface area contributed by atoms with Crippen LogP contribution in [0.15, 0.2) is 28.8 Å². The molecule has 2 aromatic heterocycles. The Kier molecular flexibility index (Phi) is 5.45. The molecule has 4 rings (SSSR count). The fourth-order valence-electron chi connectivity index (χ4n) is 3.58. The molecule has 0 aliphatic carbocycles. The minimum atomic E-state index is -0.251. The van der Waals surface area contributed by atoms with Crippen molar-refractivity contribution in [1.82, 2.24) is 30.2 Å². The molecule has 1 saturated heterocycles. The van der Waals surface area contributed by atoms with Gasteiger partial charge in [0.1, 0.15) is 11.6 Å². The number of piperidine rings is 1. The highest BCUT2D eigenvalue weighted by atomic mass is 19.1. The minimum absolute atomic E-state index is 0.0437. The largest absolute Gasteiger partial charge is 0.338 e. The first-order valence-electron chi connectivity index (χ1n) is 9.54. The van der Waals surface area contributed by atoms with Crippen molar-refractivity contribution in [1.29, 1.82) is 0 Å². The third-order valence-electron chi connectivity index (χ3n) is 5.30. The van der Waals surface area contributed by atoms with Crippen molar-refractivity contribution in [2.75, 3.05) is 13.1 Å². The number of hydrogen-bond donors (Lipinski definition) is 2. The SMILES string of the molecule is CC(c1nc(Cc2ccc(F)cc2)no1)N1CCC(c2n[nH]c(CN)n2)CC1. The molecule has 0 saturated carbocycles. The molecule has 28 heavy (non-hydrogen) atoms. The first kappa shape index (κ1) is 18.7. The van der Waals surface area contributed by atoms with E-state index in [-0.39, 0.29) is 11.9 Å². The van der Waals surface area contributed by atoms with Gasteiger partial charge in [0, 0.05) is 12.3 Å². The lowest BCUT2D eigenvalue weighted by molar-refractivity contribution is 0.135. The number of aromatic nitrogens is 5. The number of likely N-dealkylation sites (tertiary alicyclic amines) is 1. The number of rotatable bonds is 6. The summed E-state index contributed by atoms with van der Waals surface area (Å²) in [5.74, 6) is 2.89. The molecule has 3 heterocycles. The Morgan fingerprint density at radius 1 is 1.25 bits per heavy atom. The van der Waals surface area contributed by atoms with Gasteiger partial charge in [-0.1, -0.05) is 17.3 Å². The lowest BCUT2D eigenvalue weighted by Crippen LogP contribution is -2.35. The van der Waals surface area contributed by atoms with Gasteiger partial charge < -0.3 is 10.3 Å². The predicted molar refractivity (Wildman–Crippen MR) is 99.7 cm³/mol. The number of aromatic amines is 1. The van der Waals surface area contributed by atoms with Crippen molar-refractivity contribution >= 4 is 0 Å². The summed E-state index contributed by atoms with van der Waals surface area (Å²) in [6, 6.07) is 6.39. The number of hydrogen-bond acceptors (Lipinski definition) is 7. The van der Waals surface area contributed by atoms with Crippen molar-refractivity contribution in [3.63, 3.8) is 0 Å². The Morgan fingerprint density at radius 3 is 2.68 bits per heavy atom. The normalized spacial score (nSPS) is 17.1. The van der Waals surface area contributed by atoms with Crippen LogP contribution in [0.1, 0.15) is 60.7 Å². The smallest absolute Gasteiger partial charge is 0.243 e. The summed E-state index contributed by atoms with van der Waals surface area (Å²) < 4.78 is 18.5. The molecular formula is C19H24FN7O. The van der Waals surface area contributed by atoms with E-state index < -0.39 is 0 Å². The van der Waals surface area contributed by atoms with Gasteiger partial charge in [0.2, 0.25) is 5.89 Å². The monoisotopic (exact) mass is 385 g/mol. The minimum Gasteiger partial charge on any atom is -0.338 e. The summed E-state index contributed by atoms with van der Waals surface area (Å²) in [4.78, 5) is 11.3. The first-order chi connectivity index (χ1) is 13.6. The predicted octanol–water partition coefficient (Wildman–Crippen LogP) is 2.32. The zero-order valence-electron chi connectivity index (χ0n) is 15.8. The highest BCUT2D eigenvalue weighted by molar-refractivity contribution is 5.19. The fourth-order valence-corrected chi connectivity index (χ4v) is 3.58. The molecule has 148 valence electrons. The number of halogens is 1. The van der Waals surface area contributed by atoms with E-state index in [1.807, 2.05) is 0 Å². The Hall–Kier alpha value is -2.65. The van der Waals surface area contributed by atoms with Crippen molar-refractivity contribution in [2.45, 2.75) is 44.7 Å². The topological polar surface area (TPSA) is 110 Å². The molecule has 0 radical (unpaired) electrons. The van der Waals surface area contributed by atoms with Crippen LogP contribution >= 0.6 is 0 Å². The number of nitrogens with one attached hydrogen (secondary N) is 1. The number of nitrogens with two attached hydrogens (primary N) is 1. The summed E-state index contributed by atoms with van der Waals surface area (Å²) in [6.45, 7) is 4.27. The third-order valence-corrected chi connectivity index (χ3v) is 5.30. The van der Waals surface area contributed by atoms with E-state index in [0.717, 1.165) is 43.1 Å². The molecule has 0 amide bonds. The fraction of sp³-hybridized carbons (Fsp3) is 0.474. The molecule has 0 spiro atoms. The second kappa shape index (κ2) is 8.15. The van der Waals surface area contributed by atoms with Gasteiger partial charge in [-0.3, -0.25) is 10.00 Å². The van der Waals surface area contributed by atoms with Crippen LogP contribution in [0.5, 0.6) is 0 Å². The van der Waals surface area contributed by atoms with Crippen LogP contribution in [0.2, 0.25) is 0 Å². The standard InChI is InChI=1S/C19H24FN7O/c1-12(19-23-16(26-28-19)10-13-2-4-15(20)5-3-13)27-8-6-14(7-9-27)18-22-17(11-21)24-25-18/h2-5,12,14H,6-11,21H2,1H3,(H,22,24,25). The number of H-pyrrole nitrogens is 1. The van der Waals surface area contributed by atoms with Gasteiger partial charge in [0.05, 0.1) is 12.6 Å². The first-order valence-corrected chi connectivity index (χ1v) is 9.54. The second-order valence-electron chi connectivity index (χ2n) is 7.18. The van der Waals surface area contributed by atoms with Crippen LogP contribution < -0.4 is 5.73 Å². The van der Waals surface area contributed by atoms with Gasteiger partial charge in [-0.25, -0.2) is 9.37 Å². The zero-order valence-corrected chi connectivity index (χ0v) is 15.8. The zero-order chi connectivity index (χ0) is 19.5. The molecule has 3 aromatic rings. The number of nitrogens with zero attached hydrogens (tertiary/aromatic N) is 5. The van der Waals surface area contributed by atoms with Crippen LogP contribution in [-0.4, -0.2) is 43.3 Å². The van der Waals surface area contributed by atoms with Crippen LogP contribution in [0.25, 0.3) is 0 Å². The van der Waals surface area contributed by atoms with E-state index in [9.17, 15) is 4.39 Å². The Balaban J connectivity index is 1.34. The molecule has 1 aromatic carbocycles. The average Bonchev–Trinajstić information content (AvgIpc) is 3.39. The van der Waals surface area contributed by atoms with Gasteiger partial charge >= 0.3 is 0 Å². The lowest BCUT2D eigenvalue weighted by atomic mass is 9.95. The van der Waals surface area contributed by atoms with Gasteiger partial charge in [-0.15, -0.1) is 0 Å². The van der Waals surface area contributed by atoms with E-state index in [0.29, 0.717) is 30.6 Å². The van der Waals surface area contributed by atoms with Crippen molar-refractivity contribution < 1.29 is 8.91 Å². The van der Waals surface area contributed by atoms with Crippen molar-refractivity contribution in [3.8, 4) is 0 Å². The Labute approximate surface area is 162 Å². The molecule has 0 bridgehead atoms. The van der Waals surface area contributed by atoms with E-state index in [1.165, 1.54) is 12.1 Å². The highest BCUT2D eigenvalue weighted by Crippen LogP contribution is 2.30. The van der Waals surface area contributed by atoms with Crippen LogP contribution in [0.4, 0.5) is 4.39 Å². The van der Waals surface area contributed by atoms with Crippen LogP contribution in [-0.2, 0) is 13.0 Å². The van der Waals surface area contributed by atoms with E-state index in [1.54, 1.807) is 12.1 Å². The Morgan fingerprint density at radius 2 is 2.00 bits per heavy atom. The molecule has 1 atom stereocenters. The second-order valence-corrected chi connectivity index (χ2v) is 7.18. The lowest BCUT2D eigenvalue weighted by Gasteiger charge is -2.33. The van der Waals surface area contributed by atoms with Crippen molar-refractivity contribution in [3.05, 3.63) is 59.0 Å². The highest BCUT2D eigenvalue weighted by Gasteiger charge is 2.29. The third kappa shape index (κ3) is 4.10. The summed E-state index contributed by atoms with van der Waals surface area (Å²) in [5, 5.41) is 11.3. The number of benzene rings is 1. The summed E-state index contributed by atoms with van der Waals surface area (Å²) in [6.07, 6.45) is 2.47. The molecular weight excluding hydrogens is 361 g/mol. The average molecular weight is 385 g/mol. The van der Waals surface area contributed by atoms with Gasteiger partial charge in [0.25, 0.3) is 0 Å². The maximum atomic E-state index is 13.0. The molecule has 1 aliphatic heterocycles. The van der Waals surface area contributed by atoms with E-state index in [2.05, 4.69) is 37.1 Å². The molecule has 8 nitrogen and oxygen atoms in total. The van der Waals surface area contributed by atoms with Gasteiger partial charge in [-0.05, 0) is 50.6 Å². The van der Waals surface area contributed by atoms with E-state index >= 15 is 0 Å². The maximum Gasteiger partial charge on any atom is 0.243 e. The molecule has 1 unspecified atom stereocenters. The molecule has 1 fully saturated rings. The van der Waals surface area contributed by atoms with Crippen molar-refractivity contribution in [2.24, 2.45) is 5.73 Å². The van der Waals surface area contributed by atoms with Gasteiger partial charge in [0.15, 0.2) is 11.6 Å². The van der Waals surface area contributed by atoms with Crippen LogP contribution in [0, 0.1) is 5.82 Å². The van der Waals surface area contributed by atoms with Gasteiger partial charge in [-0.2, -0.15) is 10.1 Å². The summed E-state index contributed by atoms with van der Waals surface area (Å²) in [7, 11) is 0. The molecule has 1 aliphatic rings. The van der Waals surface area contributed by atoms with E-state index in [4.69, 9.17) is 10.3 Å². The molecule has 9 heteroatoms. The Bertz CT molecular complexity index is 899. The summed E-state index contributed by atoms with van der Waals surface area (Å²) >= 11 is 0. The molecule has 3 N–H and O–H groups in total. The quantitative estimate of drug-likeness (QED) is 0.670.